The van der Waals surface area contributed by atoms with E-state index in [1.807, 2.05) is 54.6 Å². The Balaban J connectivity index is 0.000000283. The number of carbonyl (C=O) groups excluding carboxylic acids is 1. The molecule has 1 fully saturated rings. The molecular weight excluding hydrogens is 290 g/mol. The summed E-state index contributed by atoms with van der Waals surface area (Å²) in [4.78, 5) is 11.9. The van der Waals surface area contributed by atoms with E-state index in [9.17, 15) is 4.79 Å². The van der Waals surface area contributed by atoms with Gasteiger partial charge in [0.05, 0.1) is 0 Å². The first-order chi connectivity index (χ1) is 9.29. The fraction of sp³-hybridized carbons (Fsp3) is 0.235. The normalized spacial score (nSPS) is 16.7. The number of Topliss-reactive ketones (excluding diaryl/α,β-unsaturated/α-hetero) is 1. The summed E-state index contributed by atoms with van der Waals surface area (Å²) < 4.78 is 0. The van der Waals surface area contributed by atoms with Crippen molar-refractivity contribution in [1.82, 2.24) is 5.32 Å². The quantitative estimate of drug-likeness (QED) is 0.536. The molecule has 3 heteroatoms. The van der Waals surface area contributed by atoms with E-state index in [0.717, 1.165) is 24.9 Å². The van der Waals surface area contributed by atoms with Gasteiger partial charge in [0.2, 0.25) is 0 Å². The summed E-state index contributed by atoms with van der Waals surface area (Å²) in [6, 6.07) is 17.7. The molecule has 3 rings (SSSR count). The molecule has 112 valence electrons. The summed E-state index contributed by atoms with van der Waals surface area (Å²) in [5.74, 6) is 0.147. The molecule has 1 aliphatic heterocycles. The van der Waals surface area contributed by atoms with Crippen molar-refractivity contribution in [2.75, 3.05) is 6.54 Å². The molecular formula is C17H19FeNO-6. The van der Waals surface area contributed by atoms with Crippen LogP contribution in [0.3, 0.4) is 0 Å². The Labute approximate surface area is 131 Å². The van der Waals surface area contributed by atoms with E-state index in [1.165, 1.54) is 0 Å². The molecule has 0 saturated carbocycles. The Kier molecular flexibility index (Phi) is 7.24. The average molecular weight is 309 g/mol. The molecule has 0 bridgehead atoms. The third kappa shape index (κ3) is 4.60. The van der Waals surface area contributed by atoms with Crippen molar-refractivity contribution >= 4 is 11.4 Å². The number of hydrogen-bond acceptors (Lipinski definition) is 2. The molecule has 2 aromatic carbocycles. The molecule has 0 spiro atoms. The SMILES string of the molecule is C=C(C(=O)C1CCCN1)[c-]1cccc1.[Fe].[cH-]1[cH-][cH-][cH-][cH-]1. The summed E-state index contributed by atoms with van der Waals surface area (Å²) in [7, 11) is 0. The second kappa shape index (κ2) is 8.70. The Morgan fingerprint density at radius 3 is 2.15 bits per heavy atom. The van der Waals surface area contributed by atoms with E-state index in [2.05, 4.69) is 11.9 Å². The van der Waals surface area contributed by atoms with Gasteiger partial charge in [0.25, 0.3) is 0 Å². The maximum absolute atomic E-state index is 11.9. The van der Waals surface area contributed by atoms with Crippen LogP contribution in [0.4, 0.5) is 0 Å². The molecule has 0 radical (unpaired) electrons. The van der Waals surface area contributed by atoms with Crippen LogP contribution in [0.2, 0.25) is 0 Å². The van der Waals surface area contributed by atoms with Crippen LogP contribution in [0.5, 0.6) is 0 Å². The first kappa shape index (κ1) is 16.6. The molecule has 1 aliphatic rings. The van der Waals surface area contributed by atoms with Gasteiger partial charge < -0.3 is 40.4 Å². The first-order valence-electron chi connectivity index (χ1n) is 6.64. The zero-order valence-corrected chi connectivity index (χ0v) is 12.5. The monoisotopic (exact) mass is 309 g/mol. The van der Waals surface area contributed by atoms with E-state index < -0.39 is 0 Å². The van der Waals surface area contributed by atoms with Gasteiger partial charge >= 0.3 is 0 Å². The van der Waals surface area contributed by atoms with Gasteiger partial charge in [-0.2, -0.15) is 18.7 Å². The molecule has 0 aromatic heterocycles. The number of carbonyl (C=O) groups is 1. The summed E-state index contributed by atoms with van der Waals surface area (Å²) in [6.45, 7) is 4.80. The zero-order chi connectivity index (χ0) is 13.5. The Hall–Kier alpha value is -1.41. The van der Waals surface area contributed by atoms with E-state index in [-0.39, 0.29) is 28.9 Å². The molecule has 0 amide bonds. The summed E-state index contributed by atoms with van der Waals surface area (Å²) in [5, 5.41) is 3.19. The van der Waals surface area contributed by atoms with E-state index >= 15 is 0 Å². The summed E-state index contributed by atoms with van der Waals surface area (Å²) in [5.41, 5.74) is 1.58. The molecule has 1 N–H and O–H groups in total. The van der Waals surface area contributed by atoms with Crippen molar-refractivity contribution in [3.05, 3.63) is 66.7 Å². The maximum atomic E-state index is 11.9. The van der Waals surface area contributed by atoms with Crippen LogP contribution in [-0.2, 0) is 21.9 Å². The van der Waals surface area contributed by atoms with Crippen molar-refractivity contribution in [2.45, 2.75) is 18.9 Å². The minimum Gasteiger partial charge on any atom is -0.748 e. The Morgan fingerprint density at radius 2 is 1.70 bits per heavy atom. The van der Waals surface area contributed by atoms with Crippen molar-refractivity contribution in [1.29, 1.82) is 0 Å². The maximum Gasteiger partial charge on any atom is 0.112 e. The second-order valence-corrected chi connectivity index (χ2v) is 4.63. The van der Waals surface area contributed by atoms with Crippen LogP contribution in [-0.4, -0.2) is 18.4 Å². The third-order valence-electron chi connectivity index (χ3n) is 3.24. The summed E-state index contributed by atoms with van der Waals surface area (Å²) >= 11 is 0. The fourth-order valence-corrected chi connectivity index (χ4v) is 2.16. The molecule has 1 atom stereocenters. The number of rotatable bonds is 3. The van der Waals surface area contributed by atoms with Gasteiger partial charge in [0.1, 0.15) is 5.78 Å². The van der Waals surface area contributed by atoms with Gasteiger partial charge in [-0.1, -0.05) is 11.1 Å². The topological polar surface area (TPSA) is 29.1 Å². The molecule has 0 aliphatic carbocycles. The number of ketones is 1. The zero-order valence-electron chi connectivity index (χ0n) is 11.4. The van der Waals surface area contributed by atoms with Crippen LogP contribution in [0, 0.1) is 0 Å². The molecule has 20 heavy (non-hydrogen) atoms. The second-order valence-electron chi connectivity index (χ2n) is 4.63. The largest absolute Gasteiger partial charge is 0.748 e. The Bertz CT molecular complexity index is 476. The average Bonchev–Trinajstić information content (AvgIpc) is 3.22. The van der Waals surface area contributed by atoms with E-state index in [4.69, 9.17) is 0 Å². The first-order valence-corrected chi connectivity index (χ1v) is 6.64. The Morgan fingerprint density at radius 1 is 1.15 bits per heavy atom. The van der Waals surface area contributed by atoms with Crippen molar-refractivity contribution in [3.63, 3.8) is 0 Å². The minimum absolute atomic E-state index is 0. The van der Waals surface area contributed by atoms with Crippen LogP contribution >= 0.6 is 0 Å². The standard InChI is InChI=1S/C12H14NO.C5H5.Fe/c1-9(10-5-2-3-6-10)12(14)11-7-4-8-13-11;1-2-4-5-3-1;/h2-3,5-6,11,13H,1,4,7-8H2;1-5H;/q-1;-5;. The van der Waals surface area contributed by atoms with Crippen LogP contribution in [0.1, 0.15) is 18.4 Å². The molecule has 2 aromatic rings. The van der Waals surface area contributed by atoms with Gasteiger partial charge in [-0.25, -0.2) is 0 Å². The van der Waals surface area contributed by atoms with Gasteiger partial charge in [0, 0.05) is 23.1 Å². The molecule has 1 heterocycles. The predicted octanol–water partition coefficient (Wildman–Crippen LogP) is 3.14. The van der Waals surface area contributed by atoms with Gasteiger partial charge in [-0.15, -0.1) is 12.1 Å². The van der Waals surface area contributed by atoms with Gasteiger partial charge in [-0.05, 0) is 19.4 Å². The fourth-order valence-electron chi connectivity index (χ4n) is 2.16. The number of nitrogens with one attached hydrogen (secondary N) is 1. The smallest absolute Gasteiger partial charge is 0.112 e. The molecule has 1 unspecified atom stereocenters. The summed E-state index contributed by atoms with van der Waals surface area (Å²) in [6.07, 6.45) is 2.03. The van der Waals surface area contributed by atoms with Crippen LogP contribution in [0.25, 0.3) is 5.57 Å². The minimum atomic E-state index is -0.00241. The van der Waals surface area contributed by atoms with Crippen molar-refractivity contribution in [2.24, 2.45) is 0 Å². The van der Waals surface area contributed by atoms with Crippen LogP contribution in [0.15, 0.2) is 61.2 Å². The predicted molar refractivity (Wildman–Crippen MR) is 79.1 cm³/mol. The van der Waals surface area contributed by atoms with Crippen LogP contribution < -0.4 is 5.32 Å². The van der Waals surface area contributed by atoms with Crippen molar-refractivity contribution in [3.8, 4) is 0 Å². The van der Waals surface area contributed by atoms with E-state index in [0.29, 0.717) is 5.57 Å². The third-order valence-corrected chi connectivity index (χ3v) is 3.24. The van der Waals surface area contributed by atoms with Gasteiger partial charge in [-0.3, -0.25) is 0 Å². The van der Waals surface area contributed by atoms with E-state index in [1.54, 1.807) is 0 Å². The molecule has 1 saturated heterocycles. The van der Waals surface area contributed by atoms with Crippen molar-refractivity contribution < 1.29 is 21.9 Å². The molecule has 2 nitrogen and oxygen atoms in total. The van der Waals surface area contributed by atoms with Gasteiger partial charge in [0.15, 0.2) is 0 Å². The number of hydrogen-bond donors (Lipinski definition) is 1.